The van der Waals surface area contributed by atoms with Gasteiger partial charge in [0.1, 0.15) is 17.4 Å². The Kier molecular flexibility index (Phi) is 5.19. The summed E-state index contributed by atoms with van der Waals surface area (Å²) in [6.07, 6.45) is 1.91. The van der Waals surface area contributed by atoms with Crippen molar-refractivity contribution in [2.45, 2.75) is 18.8 Å². The van der Waals surface area contributed by atoms with E-state index in [1.54, 1.807) is 7.11 Å². The molecule has 4 N–H and O–H groups in total. The lowest BCUT2D eigenvalue weighted by atomic mass is 9.86. The van der Waals surface area contributed by atoms with Crippen molar-refractivity contribution in [3.05, 3.63) is 83.4 Å². The molecule has 0 saturated carbocycles. The second kappa shape index (κ2) is 7.71. The van der Waals surface area contributed by atoms with Gasteiger partial charge >= 0.3 is 0 Å². The quantitative estimate of drug-likeness (QED) is 0.714. The van der Waals surface area contributed by atoms with Crippen molar-refractivity contribution in [2.75, 3.05) is 18.6 Å². The molecule has 0 radical (unpaired) electrons. The van der Waals surface area contributed by atoms with Gasteiger partial charge in [-0.25, -0.2) is 4.98 Å². The van der Waals surface area contributed by atoms with E-state index in [1.165, 1.54) is 11.1 Å². The predicted molar refractivity (Wildman–Crippen MR) is 103 cm³/mol. The first-order chi connectivity index (χ1) is 12.2. The van der Waals surface area contributed by atoms with Crippen molar-refractivity contribution in [1.82, 2.24) is 4.98 Å². The van der Waals surface area contributed by atoms with Crippen LogP contribution in [0.25, 0.3) is 0 Å². The van der Waals surface area contributed by atoms with Gasteiger partial charge in [0.2, 0.25) is 0 Å². The number of benzene rings is 2. The zero-order chi connectivity index (χ0) is 17.6. The number of nitrogens with two attached hydrogens (primary N) is 2. The summed E-state index contributed by atoms with van der Waals surface area (Å²) in [6.45, 7) is 0. The maximum atomic E-state index is 5.92. The molecule has 2 aromatic carbocycles. The predicted octanol–water partition coefficient (Wildman–Crippen LogP) is 4.02. The third-order valence-electron chi connectivity index (χ3n) is 4.35. The van der Waals surface area contributed by atoms with Crippen molar-refractivity contribution >= 4 is 11.6 Å². The number of hydrogen-bond acceptors (Lipinski definition) is 4. The lowest BCUT2D eigenvalue weighted by Gasteiger charge is -2.19. The molecule has 0 spiro atoms. The summed E-state index contributed by atoms with van der Waals surface area (Å²) in [4.78, 5) is 4.09. The molecule has 3 aromatic rings. The number of aromatic nitrogens is 1. The van der Waals surface area contributed by atoms with Crippen LogP contribution >= 0.6 is 0 Å². The SMILES string of the molecule is COc1cccc(C(CCc2ccccc2)c2cc(N)nc(N)c2)c1. The van der Waals surface area contributed by atoms with E-state index in [4.69, 9.17) is 16.2 Å². The smallest absolute Gasteiger partial charge is 0.126 e. The van der Waals surface area contributed by atoms with Crippen LogP contribution in [-0.2, 0) is 6.42 Å². The number of aryl methyl sites for hydroxylation is 1. The number of rotatable bonds is 6. The van der Waals surface area contributed by atoms with Gasteiger partial charge in [0.25, 0.3) is 0 Å². The number of anilines is 2. The summed E-state index contributed by atoms with van der Waals surface area (Å²) < 4.78 is 5.39. The molecule has 0 aliphatic heterocycles. The molecule has 3 rings (SSSR count). The Morgan fingerprint density at radius 1 is 0.880 bits per heavy atom. The normalized spacial score (nSPS) is 11.9. The number of nitrogens with zero attached hydrogens (tertiary/aromatic N) is 1. The molecule has 128 valence electrons. The third kappa shape index (κ3) is 4.29. The fourth-order valence-corrected chi connectivity index (χ4v) is 3.14. The molecule has 0 amide bonds. The molecular weight excluding hydrogens is 310 g/mol. The second-order valence-corrected chi connectivity index (χ2v) is 6.10. The number of methoxy groups -OCH3 is 1. The van der Waals surface area contributed by atoms with Gasteiger partial charge in [-0.2, -0.15) is 0 Å². The monoisotopic (exact) mass is 333 g/mol. The van der Waals surface area contributed by atoms with Crippen molar-refractivity contribution in [3.63, 3.8) is 0 Å². The highest BCUT2D eigenvalue weighted by Gasteiger charge is 2.16. The zero-order valence-electron chi connectivity index (χ0n) is 14.4. The Morgan fingerprint density at radius 2 is 1.60 bits per heavy atom. The van der Waals surface area contributed by atoms with Crippen molar-refractivity contribution in [3.8, 4) is 5.75 Å². The molecule has 4 nitrogen and oxygen atoms in total. The second-order valence-electron chi connectivity index (χ2n) is 6.10. The molecule has 0 fully saturated rings. The maximum Gasteiger partial charge on any atom is 0.126 e. The molecular formula is C21H23N3O. The molecule has 1 atom stereocenters. The number of pyridine rings is 1. The van der Waals surface area contributed by atoms with Crippen molar-refractivity contribution in [1.29, 1.82) is 0 Å². The highest BCUT2D eigenvalue weighted by Crippen LogP contribution is 2.32. The largest absolute Gasteiger partial charge is 0.497 e. The van der Waals surface area contributed by atoms with Crippen molar-refractivity contribution < 1.29 is 4.74 Å². The van der Waals surface area contributed by atoms with Crippen LogP contribution in [0.5, 0.6) is 5.75 Å². The van der Waals surface area contributed by atoms with Gasteiger partial charge in [0.05, 0.1) is 7.11 Å². The van der Waals surface area contributed by atoms with Gasteiger partial charge in [-0.05, 0) is 53.8 Å². The summed E-state index contributed by atoms with van der Waals surface area (Å²) in [6, 6.07) is 22.4. The first-order valence-corrected chi connectivity index (χ1v) is 8.36. The van der Waals surface area contributed by atoms with E-state index in [0.29, 0.717) is 11.6 Å². The summed E-state index contributed by atoms with van der Waals surface area (Å²) in [5, 5.41) is 0. The van der Waals surface area contributed by atoms with Gasteiger partial charge in [-0.1, -0.05) is 42.5 Å². The van der Waals surface area contributed by atoms with Crippen LogP contribution < -0.4 is 16.2 Å². The Hall–Kier alpha value is -3.01. The van der Waals surface area contributed by atoms with Crippen LogP contribution in [-0.4, -0.2) is 12.1 Å². The Balaban J connectivity index is 1.95. The molecule has 0 aliphatic rings. The summed E-state index contributed by atoms with van der Waals surface area (Å²) in [5.74, 6) is 1.91. The van der Waals surface area contributed by atoms with Crippen LogP contribution in [0.3, 0.4) is 0 Å². The molecule has 1 unspecified atom stereocenters. The number of nitrogen functional groups attached to an aromatic ring is 2. The lowest BCUT2D eigenvalue weighted by molar-refractivity contribution is 0.414. The van der Waals surface area contributed by atoms with E-state index in [2.05, 4.69) is 41.4 Å². The molecule has 1 heterocycles. The fraction of sp³-hybridized carbons (Fsp3) is 0.190. The number of hydrogen-bond donors (Lipinski definition) is 2. The van der Waals surface area contributed by atoms with Crippen LogP contribution in [0.1, 0.15) is 29.0 Å². The molecule has 1 aromatic heterocycles. The van der Waals surface area contributed by atoms with E-state index in [9.17, 15) is 0 Å². The highest BCUT2D eigenvalue weighted by molar-refractivity contribution is 5.48. The van der Waals surface area contributed by atoms with Crippen LogP contribution in [0, 0.1) is 0 Å². The van der Waals surface area contributed by atoms with E-state index in [0.717, 1.165) is 24.2 Å². The molecule has 0 aliphatic carbocycles. The van der Waals surface area contributed by atoms with E-state index in [-0.39, 0.29) is 5.92 Å². The van der Waals surface area contributed by atoms with Crippen LogP contribution in [0.2, 0.25) is 0 Å². The number of ether oxygens (including phenoxy) is 1. The van der Waals surface area contributed by atoms with Gasteiger partial charge in [0.15, 0.2) is 0 Å². The zero-order valence-corrected chi connectivity index (χ0v) is 14.4. The first-order valence-electron chi connectivity index (χ1n) is 8.36. The fourth-order valence-electron chi connectivity index (χ4n) is 3.14. The highest BCUT2D eigenvalue weighted by atomic mass is 16.5. The molecule has 4 heteroatoms. The van der Waals surface area contributed by atoms with Gasteiger partial charge in [-0.15, -0.1) is 0 Å². The van der Waals surface area contributed by atoms with Crippen molar-refractivity contribution in [2.24, 2.45) is 0 Å². The minimum absolute atomic E-state index is 0.169. The van der Waals surface area contributed by atoms with Gasteiger partial charge in [0, 0.05) is 5.92 Å². The van der Waals surface area contributed by atoms with Crippen LogP contribution in [0.4, 0.5) is 11.6 Å². The standard InChI is InChI=1S/C21H23N3O/c1-25-18-9-5-8-16(12-18)19(11-10-15-6-3-2-4-7-15)17-13-20(22)24-21(23)14-17/h2-9,12-14,19H,10-11H2,1H3,(H4,22,23,24). The Bertz CT molecular complexity index is 813. The summed E-state index contributed by atoms with van der Waals surface area (Å²) in [7, 11) is 1.68. The third-order valence-corrected chi connectivity index (χ3v) is 4.35. The lowest BCUT2D eigenvalue weighted by Crippen LogP contribution is -2.07. The van der Waals surface area contributed by atoms with Crippen LogP contribution in [0.15, 0.2) is 66.7 Å². The summed E-state index contributed by atoms with van der Waals surface area (Å²) >= 11 is 0. The van der Waals surface area contributed by atoms with E-state index < -0.39 is 0 Å². The summed E-state index contributed by atoms with van der Waals surface area (Å²) in [5.41, 5.74) is 15.4. The maximum absolute atomic E-state index is 5.92. The van der Waals surface area contributed by atoms with Gasteiger partial charge < -0.3 is 16.2 Å². The Labute approximate surface area is 148 Å². The molecule has 25 heavy (non-hydrogen) atoms. The molecule has 0 bridgehead atoms. The average molecular weight is 333 g/mol. The van der Waals surface area contributed by atoms with E-state index in [1.807, 2.05) is 30.3 Å². The topological polar surface area (TPSA) is 74.2 Å². The molecule has 0 saturated heterocycles. The Morgan fingerprint density at radius 3 is 2.28 bits per heavy atom. The van der Waals surface area contributed by atoms with Gasteiger partial charge in [-0.3, -0.25) is 0 Å². The minimum Gasteiger partial charge on any atom is -0.497 e. The van der Waals surface area contributed by atoms with E-state index >= 15 is 0 Å². The minimum atomic E-state index is 0.169. The average Bonchev–Trinajstić information content (AvgIpc) is 2.62. The first kappa shape index (κ1) is 16.8.